The van der Waals surface area contributed by atoms with Crippen LogP contribution >= 0.6 is 11.3 Å². The number of fused-ring (bicyclic) bond motifs is 1. The molecule has 1 aliphatic rings. The lowest BCUT2D eigenvalue weighted by atomic mass is 9.88. The van der Waals surface area contributed by atoms with Crippen LogP contribution < -0.4 is 11.1 Å². The number of ether oxygens (including phenoxy) is 1. The van der Waals surface area contributed by atoms with E-state index >= 15 is 0 Å². The maximum absolute atomic E-state index is 11.8. The van der Waals surface area contributed by atoms with Gasteiger partial charge in [-0.15, -0.1) is 11.3 Å². The highest BCUT2D eigenvalue weighted by molar-refractivity contribution is 7.17. The van der Waals surface area contributed by atoms with Gasteiger partial charge in [0.2, 0.25) is 0 Å². The van der Waals surface area contributed by atoms with Gasteiger partial charge in [0.25, 0.3) is 5.91 Å². The SMILES string of the molecule is CCCCOC(=O)Nc1sc2c(c1C(N)=O)CC[C@H](C)C2. The third-order valence-electron chi connectivity index (χ3n) is 3.70. The number of thiophene rings is 1. The number of nitrogens with one attached hydrogen (secondary N) is 1. The molecule has 0 aromatic carbocycles. The van der Waals surface area contributed by atoms with Gasteiger partial charge in [0, 0.05) is 4.88 Å². The Hall–Kier alpha value is -1.56. The van der Waals surface area contributed by atoms with Crippen LogP contribution in [0.4, 0.5) is 9.80 Å². The molecule has 1 aromatic heterocycles. The van der Waals surface area contributed by atoms with Crippen LogP contribution in [0.1, 0.15) is 53.9 Å². The van der Waals surface area contributed by atoms with E-state index in [1.807, 2.05) is 6.92 Å². The molecule has 6 heteroatoms. The maximum Gasteiger partial charge on any atom is 0.412 e. The number of amides is 2. The van der Waals surface area contributed by atoms with Crippen LogP contribution in [0.2, 0.25) is 0 Å². The van der Waals surface area contributed by atoms with Gasteiger partial charge in [-0.25, -0.2) is 4.79 Å². The fourth-order valence-corrected chi connectivity index (χ4v) is 3.94. The van der Waals surface area contributed by atoms with Crippen molar-refractivity contribution in [2.24, 2.45) is 11.7 Å². The van der Waals surface area contributed by atoms with Crippen molar-refractivity contribution >= 4 is 28.3 Å². The van der Waals surface area contributed by atoms with Crippen molar-refractivity contribution in [3.8, 4) is 0 Å². The number of anilines is 1. The van der Waals surface area contributed by atoms with Crippen molar-refractivity contribution in [2.75, 3.05) is 11.9 Å². The highest BCUT2D eigenvalue weighted by Gasteiger charge is 2.27. The molecule has 0 unspecified atom stereocenters. The van der Waals surface area contributed by atoms with E-state index in [0.717, 1.165) is 42.5 Å². The number of hydrogen-bond donors (Lipinski definition) is 2. The largest absolute Gasteiger partial charge is 0.449 e. The predicted octanol–water partition coefficient (Wildman–Crippen LogP) is 3.32. The summed E-state index contributed by atoms with van der Waals surface area (Å²) >= 11 is 1.45. The molecule has 21 heavy (non-hydrogen) atoms. The van der Waals surface area contributed by atoms with E-state index in [4.69, 9.17) is 10.5 Å². The number of nitrogens with two attached hydrogens (primary N) is 1. The first-order valence-electron chi connectivity index (χ1n) is 7.41. The second kappa shape index (κ2) is 6.93. The molecule has 0 fully saturated rings. The molecule has 1 heterocycles. The Morgan fingerprint density at radius 1 is 1.48 bits per heavy atom. The summed E-state index contributed by atoms with van der Waals surface area (Å²) in [6.45, 7) is 4.61. The van der Waals surface area contributed by atoms with E-state index in [-0.39, 0.29) is 0 Å². The van der Waals surface area contributed by atoms with Crippen molar-refractivity contribution < 1.29 is 14.3 Å². The van der Waals surface area contributed by atoms with E-state index in [1.54, 1.807) is 0 Å². The lowest BCUT2D eigenvalue weighted by molar-refractivity contribution is 0.100. The van der Waals surface area contributed by atoms with Crippen molar-refractivity contribution in [3.63, 3.8) is 0 Å². The van der Waals surface area contributed by atoms with Crippen LogP contribution in [0.15, 0.2) is 0 Å². The van der Waals surface area contributed by atoms with Gasteiger partial charge in [-0.05, 0) is 37.2 Å². The van der Waals surface area contributed by atoms with Gasteiger partial charge in [0.05, 0.1) is 12.2 Å². The first-order chi connectivity index (χ1) is 10.0. The molecule has 1 aromatic rings. The van der Waals surface area contributed by atoms with Crippen molar-refractivity contribution in [2.45, 2.75) is 46.0 Å². The van der Waals surface area contributed by atoms with Crippen molar-refractivity contribution in [1.82, 2.24) is 0 Å². The first-order valence-corrected chi connectivity index (χ1v) is 8.22. The Morgan fingerprint density at radius 2 is 2.24 bits per heavy atom. The Balaban J connectivity index is 2.15. The van der Waals surface area contributed by atoms with Gasteiger partial charge >= 0.3 is 6.09 Å². The van der Waals surface area contributed by atoms with Crippen LogP contribution in [0.3, 0.4) is 0 Å². The molecule has 0 bridgehead atoms. The lowest BCUT2D eigenvalue weighted by Gasteiger charge is -2.18. The van der Waals surface area contributed by atoms with Gasteiger partial charge in [-0.1, -0.05) is 20.3 Å². The smallest absolute Gasteiger partial charge is 0.412 e. The fourth-order valence-electron chi connectivity index (χ4n) is 2.54. The van der Waals surface area contributed by atoms with Crippen LogP contribution in [-0.4, -0.2) is 18.6 Å². The van der Waals surface area contributed by atoms with Crippen molar-refractivity contribution in [1.29, 1.82) is 0 Å². The number of carbonyl (C=O) groups is 2. The summed E-state index contributed by atoms with van der Waals surface area (Å²) in [5, 5.41) is 3.21. The molecule has 1 aliphatic carbocycles. The molecule has 0 radical (unpaired) electrons. The molecule has 0 saturated heterocycles. The van der Waals surface area contributed by atoms with Crippen LogP contribution in [0.25, 0.3) is 0 Å². The standard InChI is InChI=1S/C15H22N2O3S/c1-3-4-7-20-15(19)17-14-12(13(16)18)10-6-5-9(2)8-11(10)21-14/h9H,3-8H2,1-2H3,(H2,16,18)(H,17,19)/t9-/m0/s1. The average molecular weight is 310 g/mol. The minimum Gasteiger partial charge on any atom is -0.449 e. The third-order valence-corrected chi connectivity index (χ3v) is 4.87. The minimum atomic E-state index is -0.516. The molecule has 0 saturated carbocycles. The Bertz CT molecular complexity index is 539. The van der Waals surface area contributed by atoms with E-state index in [0.29, 0.717) is 23.1 Å². The van der Waals surface area contributed by atoms with Gasteiger partial charge in [-0.2, -0.15) is 0 Å². The lowest BCUT2D eigenvalue weighted by Crippen LogP contribution is -2.20. The second-order valence-electron chi connectivity index (χ2n) is 5.53. The van der Waals surface area contributed by atoms with Gasteiger partial charge in [0.1, 0.15) is 5.00 Å². The minimum absolute atomic E-state index is 0.385. The normalized spacial score (nSPS) is 17.1. The van der Waals surface area contributed by atoms with E-state index in [2.05, 4.69) is 12.2 Å². The van der Waals surface area contributed by atoms with Gasteiger partial charge < -0.3 is 10.5 Å². The summed E-state index contributed by atoms with van der Waals surface area (Å²) in [7, 11) is 0. The van der Waals surface area contributed by atoms with Gasteiger partial charge in [0.15, 0.2) is 0 Å². The summed E-state index contributed by atoms with van der Waals surface area (Å²) in [6, 6.07) is 0. The quantitative estimate of drug-likeness (QED) is 0.819. The zero-order valence-electron chi connectivity index (χ0n) is 12.5. The Kier molecular flexibility index (Phi) is 5.22. The zero-order valence-corrected chi connectivity index (χ0v) is 13.3. The summed E-state index contributed by atoms with van der Waals surface area (Å²) in [5.74, 6) is 0.118. The summed E-state index contributed by atoms with van der Waals surface area (Å²) in [5.41, 5.74) is 6.97. The molecule has 0 spiro atoms. The molecule has 2 rings (SSSR count). The maximum atomic E-state index is 11.8. The molecule has 0 aliphatic heterocycles. The van der Waals surface area contributed by atoms with E-state index < -0.39 is 12.0 Å². The fraction of sp³-hybridized carbons (Fsp3) is 0.600. The highest BCUT2D eigenvalue weighted by Crippen LogP contribution is 2.39. The number of unbranched alkanes of at least 4 members (excludes halogenated alkanes) is 1. The van der Waals surface area contributed by atoms with Crippen LogP contribution in [-0.2, 0) is 17.6 Å². The van der Waals surface area contributed by atoms with Crippen LogP contribution in [0.5, 0.6) is 0 Å². The number of rotatable bonds is 5. The van der Waals surface area contributed by atoms with E-state index in [1.165, 1.54) is 11.3 Å². The topological polar surface area (TPSA) is 81.4 Å². The third kappa shape index (κ3) is 3.75. The van der Waals surface area contributed by atoms with Crippen LogP contribution in [0, 0.1) is 5.92 Å². The molecule has 2 amide bonds. The Morgan fingerprint density at radius 3 is 2.90 bits per heavy atom. The van der Waals surface area contributed by atoms with Gasteiger partial charge in [-0.3, -0.25) is 10.1 Å². The molecule has 5 nitrogen and oxygen atoms in total. The van der Waals surface area contributed by atoms with Crippen molar-refractivity contribution in [3.05, 3.63) is 16.0 Å². The Labute approximate surface area is 128 Å². The summed E-state index contributed by atoms with van der Waals surface area (Å²) in [4.78, 5) is 24.6. The molecule has 1 atom stereocenters. The number of carbonyl (C=O) groups excluding carboxylic acids is 2. The first kappa shape index (κ1) is 15.8. The molecule has 3 N–H and O–H groups in total. The van der Waals surface area contributed by atoms with E-state index in [9.17, 15) is 9.59 Å². The molecule has 116 valence electrons. The number of primary amides is 1. The molecular formula is C15H22N2O3S. The summed E-state index contributed by atoms with van der Waals surface area (Å²) < 4.78 is 5.08. The monoisotopic (exact) mass is 310 g/mol. The second-order valence-corrected chi connectivity index (χ2v) is 6.64. The predicted molar refractivity (Wildman–Crippen MR) is 83.9 cm³/mol. The summed E-state index contributed by atoms with van der Waals surface area (Å²) in [6.07, 6.45) is 4.10. The number of hydrogen-bond acceptors (Lipinski definition) is 4. The highest BCUT2D eigenvalue weighted by atomic mass is 32.1. The zero-order chi connectivity index (χ0) is 15.4. The average Bonchev–Trinajstić information content (AvgIpc) is 2.75. The molecular weight excluding hydrogens is 288 g/mol.